The third-order valence-electron chi connectivity index (χ3n) is 5.76. The van der Waals surface area contributed by atoms with E-state index in [9.17, 15) is 0 Å². The van der Waals surface area contributed by atoms with Crippen LogP contribution in [0.4, 0.5) is 11.4 Å². The minimum absolute atomic E-state index is 0.671. The summed E-state index contributed by atoms with van der Waals surface area (Å²) in [5.41, 5.74) is 22.7. The maximum absolute atomic E-state index is 6.02. The highest BCUT2D eigenvalue weighted by atomic mass is 127. The molecule has 0 unspecified atom stereocenters. The van der Waals surface area contributed by atoms with Gasteiger partial charge < -0.3 is 11.5 Å². The van der Waals surface area contributed by atoms with E-state index in [0.29, 0.717) is 11.4 Å². The van der Waals surface area contributed by atoms with Crippen molar-refractivity contribution >= 4 is 56.6 Å². The molecule has 5 aromatic rings. The van der Waals surface area contributed by atoms with Crippen LogP contribution in [0, 0.1) is 7.14 Å². The minimum atomic E-state index is 0.671. The molecule has 5 rings (SSSR count). The molecule has 0 saturated heterocycles. The van der Waals surface area contributed by atoms with Gasteiger partial charge >= 0.3 is 0 Å². The van der Waals surface area contributed by atoms with Gasteiger partial charge in [0.1, 0.15) is 0 Å². The molecule has 0 spiro atoms. The Labute approximate surface area is 227 Å². The van der Waals surface area contributed by atoms with E-state index in [2.05, 4.69) is 136 Å². The Bertz CT molecular complexity index is 1360. The summed E-state index contributed by atoms with van der Waals surface area (Å²) in [7, 11) is 0. The molecule has 0 atom stereocenters. The Balaban J connectivity index is 1.52. The number of halogens is 2. The molecule has 4 N–H and O–H groups in total. The zero-order valence-corrected chi connectivity index (χ0v) is 22.6. The van der Waals surface area contributed by atoms with Crippen molar-refractivity contribution in [3.05, 3.63) is 116 Å². The van der Waals surface area contributed by atoms with Gasteiger partial charge in [-0.05, 0) is 144 Å². The number of hydrogen-bond donors (Lipinski definition) is 2. The van der Waals surface area contributed by atoms with E-state index < -0.39 is 0 Å². The van der Waals surface area contributed by atoms with E-state index in [4.69, 9.17) is 11.5 Å². The van der Waals surface area contributed by atoms with E-state index in [1.807, 2.05) is 12.1 Å². The molecule has 2 nitrogen and oxygen atoms in total. The van der Waals surface area contributed by atoms with E-state index in [1.165, 1.54) is 35.0 Å². The molecule has 0 aliphatic heterocycles. The molecule has 0 saturated carbocycles. The smallest absolute Gasteiger partial charge is 0.0340 e. The lowest BCUT2D eigenvalue weighted by Gasteiger charge is -2.11. The number of benzene rings is 5. The van der Waals surface area contributed by atoms with Gasteiger partial charge in [0.25, 0.3) is 0 Å². The maximum Gasteiger partial charge on any atom is 0.0340 e. The lowest BCUT2D eigenvalue weighted by Crippen LogP contribution is -1.91. The molecule has 166 valence electrons. The number of anilines is 2. The van der Waals surface area contributed by atoms with Crippen LogP contribution in [0.25, 0.3) is 44.5 Å². The molecule has 0 amide bonds. The number of hydrogen-bond acceptors (Lipinski definition) is 2. The van der Waals surface area contributed by atoms with Crippen LogP contribution in [0.2, 0.25) is 0 Å². The number of nitrogens with two attached hydrogens (primary N) is 2. The molecular formula is C30H22I2N2. The van der Waals surface area contributed by atoms with Gasteiger partial charge in [-0.3, -0.25) is 0 Å². The molecule has 0 heterocycles. The largest absolute Gasteiger partial charge is 0.399 e. The normalized spacial score (nSPS) is 10.9. The third kappa shape index (κ3) is 5.13. The second-order valence-corrected chi connectivity index (χ2v) is 10.8. The van der Waals surface area contributed by atoms with Gasteiger partial charge in [-0.25, -0.2) is 0 Å². The van der Waals surface area contributed by atoms with Crippen molar-refractivity contribution < 1.29 is 0 Å². The summed E-state index contributed by atoms with van der Waals surface area (Å²) in [5.74, 6) is 0. The van der Waals surface area contributed by atoms with E-state index in [1.54, 1.807) is 6.07 Å². The van der Waals surface area contributed by atoms with Crippen LogP contribution in [-0.4, -0.2) is 0 Å². The van der Waals surface area contributed by atoms with Crippen LogP contribution in [0.3, 0.4) is 0 Å². The molecule has 34 heavy (non-hydrogen) atoms. The number of rotatable bonds is 4. The average Bonchev–Trinajstić information content (AvgIpc) is 2.83. The van der Waals surface area contributed by atoms with Gasteiger partial charge in [-0.1, -0.05) is 54.6 Å². The molecule has 0 aromatic heterocycles. The van der Waals surface area contributed by atoms with E-state index >= 15 is 0 Å². The van der Waals surface area contributed by atoms with Gasteiger partial charge in [-0.2, -0.15) is 0 Å². The van der Waals surface area contributed by atoms with Crippen molar-refractivity contribution in [2.75, 3.05) is 11.5 Å². The van der Waals surface area contributed by atoms with E-state index in [0.717, 1.165) is 16.7 Å². The van der Waals surface area contributed by atoms with Gasteiger partial charge in [0.15, 0.2) is 0 Å². The lowest BCUT2D eigenvalue weighted by molar-refractivity contribution is 1.54. The van der Waals surface area contributed by atoms with Crippen LogP contribution >= 0.6 is 45.2 Å². The first-order valence-corrected chi connectivity index (χ1v) is 13.0. The second-order valence-electron chi connectivity index (χ2n) is 8.29. The molecule has 0 aliphatic rings. The van der Waals surface area contributed by atoms with Gasteiger partial charge in [0.2, 0.25) is 0 Å². The fraction of sp³-hybridized carbons (Fsp3) is 0. The predicted octanol–water partition coefficient (Wildman–Crippen LogP) is 8.73. The van der Waals surface area contributed by atoms with Crippen molar-refractivity contribution in [2.24, 2.45) is 0 Å². The fourth-order valence-corrected chi connectivity index (χ4v) is 6.14. The summed E-state index contributed by atoms with van der Waals surface area (Å²) in [6, 6.07) is 38.3. The summed E-state index contributed by atoms with van der Waals surface area (Å²) < 4.78 is 2.49. The third-order valence-corrected chi connectivity index (χ3v) is 7.01. The van der Waals surface area contributed by atoms with Crippen LogP contribution in [-0.2, 0) is 0 Å². The van der Waals surface area contributed by atoms with E-state index in [-0.39, 0.29) is 0 Å². The Morgan fingerprint density at radius 3 is 1.06 bits per heavy atom. The molecule has 0 bridgehead atoms. The minimum Gasteiger partial charge on any atom is -0.399 e. The maximum atomic E-state index is 6.02. The summed E-state index contributed by atoms with van der Waals surface area (Å²) in [5, 5.41) is 0. The van der Waals surface area contributed by atoms with Crippen LogP contribution < -0.4 is 11.5 Å². The fourth-order valence-electron chi connectivity index (χ4n) is 4.20. The first-order chi connectivity index (χ1) is 16.4. The summed E-state index contributed by atoms with van der Waals surface area (Å²) in [6.07, 6.45) is 0. The molecule has 0 radical (unpaired) electrons. The first-order valence-electron chi connectivity index (χ1n) is 10.9. The Kier molecular flexibility index (Phi) is 6.61. The highest BCUT2D eigenvalue weighted by Gasteiger charge is 2.07. The second kappa shape index (κ2) is 9.80. The molecule has 0 fully saturated rings. The van der Waals surface area contributed by atoms with Crippen molar-refractivity contribution in [3.63, 3.8) is 0 Å². The standard InChI is InChI=1S/C30H22I2N2/c31-27-13-25(14-28(32)17-27)23-8-2-6-21(11-23)19-4-1-5-20(10-19)22-7-3-9-24(12-22)26-15-29(33)18-30(34)16-26/h1-18H,33-34H2. The van der Waals surface area contributed by atoms with Crippen LogP contribution in [0.5, 0.6) is 0 Å². The van der Waals surface area contributed by atoms with Crippen molar-refractivity contribution in [1.82, 2.24) is 0 Å². The van der Waals surface area contributed by atoms with Gasteiger partial charge in [0.05, 0.1) is 0 Å². The monoisotopic (exact) mass is 664 g/mol. The van der Waals surface area contributed by atoms with Crippen molar-refractivity contribution in [3.8, 4) is 44.5 Å². The highest BCUT2D eigenvalue weighted by Crippen LogP contribution is 2.33. The van der Waals surface area contributed by atoms with Gasteiger partial charge in [-0.15, -0.1) is 0 Å². The Morgan fingerprint density at radius 2 is 0.676 bits per heavy atom. The first kappa shape index (κ1) is 22.9. The van der Waals surface area contributed by atoms with Crippen molar-refractivity contribution in [2.45, 2.75) is 0 Å². The molecule has 4 heteroatoms. The zero-order valence-electron chi connectivity index (χ0n) is 18.3. The predicted molar refractivity (Wildman–Crippen MR) is 162 cm³/mol. The SMILES string of the molecule is Nc1cc(N)cc(-c2cccc(-c3cccc(-c4cccc(-c5cc(I)cc(I)c5)c4)c3)c2)c1. The molecular weight excluding hydrogens is 642 g/mol. The zero-order chi connectivity index (χ0) is 23.7. The van der Waals surface area contributed by atoms with Gasteiger partial charge in [0, 0.05) is 18.5 Å². The summed E-state index contributed by atoms with van der Waals surface area (Å²) in [4.78, 5) is 0. The lowest BCUT2D eigenvalue weighted by atomic mass is 9.94. The molecule has 5 aromatic carbocycles. The van der Waals surface area contributed by atoms with Crippen LogP contribution in [0.1, 0.15) is 0 Å². The highest BCUT2D eigenvalue weighted by molar-refractivity contribution is 14.1. The number of nitrogen functional groups attached to an aromatic ring is 2. The average molecular weight is 664 g/mol. The quantitative estimate of drug-likeness (QED) is 0.149. The Hall–Kier alpha value is -2.84. The Morgan fingerprint density at radius 1 is 0.353 bits per heavy atom. The molecule has 0 aliphatic carbocycles. The summed E-state index contributed by atoms with van der Waals surface area (Å²) in [6.45, 7) is 0. The van der Waals surface area contributed by atoms with Crippen LogP contribution in [0.15, 0.2) is 109 Å². The van der Waals surface area contributed by atoms with Crippen molar-refractivity contribution in [1.29, 1.82) is 0 Å². The topological polar surface area (TPSA) is 52.0 Å². The summed E-state index contributed by atoms with van der Waals surface area (Å²) >= 11 is 4.76.